The van der Waals surface area contributed by atoms with Crippen LogP contribution in [0.5, 0.6) is 0 Å². The molecule has 3 heteroatoms. The van der Waals surface area contributed by atoms with Gasteiger partial charge in [0.15, 0.2) is 0 Å². The van der Waals surface area contributed by atoms with E-state index < -0.39 is 5.97 Å². The lowest BCUT2D eigenvalue weighted by Crippen LogP contribution is -2.41. The Kier molecular flexibility index (Phi) is 8.38. The van der Waals surface area contributed by atoms with Gasteiger partial charge >= 0.3 is 5.97 Å². The van der Waals surface area contributed by atoms with Gasteiger partial charge in [0.05, 0.1) is 0 Å². The molecule has 0 rings (SSSR count). The molecule has 0 radical (unpaired) electrons. The smallest absolute Gasteiger partial charge is 0.320 e. The van der Waals surface area contributed by atoms with E-state index >= 15 is 0 Å². The van der Waals surface area contributed by atoms with Crippen LogP contribution in [0.3, 0.4) is 0 Å². The summed E-state index contributed by atoms with van der Waals surface area (Å²) in [6, 6.07) is -0.289. The predicted molar refractivity (Wildman–Crippen MR) is 63.1 cm³/mol. The van der Waals surface area contributed by atoms with Crippen molar-refractivity contribution in [3.05, 3.63) is 0 Å². The first-order chi connectivity index (χ1) is 7.17. The Morgan fingerprint density at radius 3 is 1.87 bits per heavy atom. The van der Waals surface area contributed by atoms with Crippen molar-refractivity contribution in [2.24, 2.45) is 0 Å². The van der Waals surface area contributed by atoms with Crippen LogP contribution < -0.4 is 0 Å². The number of carbonyl (C=O) groups is 1. The molecular formula is C12H25NO2. The number of nitrogens with zero attached hydrogens (tertiary/aromatic N) is 1. The first-order valence-corrected chi connectivity index (χ1v) is 6.14. The molecule has 0 aromatic carbocycles. The molecule has 3 nitrogen and oxygen atoms in total. The summed E-state index contributed by atoms with van der Waals surface area (Å²) in [4.78, 5) is 13.2. The number of hydrogen-bond donors (Lipinski definition) is 1. The van der Waals surface area contributed by atoms with Gasteiger partial charge in [-0.1, -0.05) is 33.6 Å². The molecule has 0 aliphatic rings. The molecular weight excluding hydrogens is 190 g/mol. The van der Waals surface area contributed by atoms with Crippen molar-refractivity contribution in [3.63, 3.8) is 0 Å². The fraction of sp³-hybridized carbons (Fsp3) is 0.917. The van der Waals surface area contributed by atoms with Gasteiger partial charge in [-0.25, -0.2) is 0 Å². The lowest BCUT2D eigenvalue weighted by molar-refractivity contribution is -0.143. The maximum Gasteiger partial charge on any atom is 0.320 e. The third-order valence-electron chi connectivity index (χ3n) is 2.71. The van der Waals surface area contributed by atoms with Crippen LogP contribution in [-0.4, -0.2) is 35.1 Å². The zero-order valence-corrected chi connectivity index (χ0v) is 10.3. The van der Waals surface area contributed by atoms with Crippen LogP contribution in [0.15, 0.2) is 0 Å². The number of unbranched alkanes of at least 4 members (excludes halogenated alkanes) is 2. The molecule has 1 atom stereocenters. The maximum atomic E-state index is 11.1. The molecule has 0 saturated heterocycles. The van der Waals surface area contributed by atoms with E-state index in [9.17, 15) is 4.79 Å². The van der Waals surface area contributed by atoms with Crippen molar-refractivity contribution in [3.8, 4) is 0 Å². The van der Waals surface area contributed by atoms with Crippen molar-refractivity contribution in [1.29, 1.82) is 0 Å². The van der Waals surface area contributed by atoms with E-state index in [0.717, 1.165) is 38.8 Å². The van der Waals surface area contributed by atoms with Gasteiger partial charge in [0.25, 0.3) is 0 Å². The van der Waals surface area contributed by atoms with Gasteiger partial charge in [0, 0.05) is 0 Å². The Balaban J connectivity index is 4.22. The van der Waals surface area contributed by atoms with E-state index in [1.165, 1.54) is 0 Å². The Morgan fingerprint density at radius 2 is 1.60 bits per heavy atom. The standard InChI is InChI=1S/C12H25NO2/c1-4-7-9-13(10-8-5-2)11(6-3)12(14)15/h11H,4-10H2,1-3H3,(H,14,15). The number of aliphatic carboxylic acids is 1. The number of carboxylic acid groups (broad SMARTS) is 1. The molecule has 0 amide bonds. The summed E-state index contributed by atoms with van der Waals surface area (Å²) in [5.41, 5.74) is 0. The third-order valence-corrected chi connectivity index (χ3v) is 2.71. The Morgan fingerprint density at radius 1 is 1.13 bits per heavy atom. The van der Waals surface area contributed by atoms with Crippen LogP contribution in [0, 0.1) is 0 Å². The highest BCUT2D eigenvalue weighted by Gasteiger charge is 2.22. The van der Waals surface area contributed by atoms with Crippen molar-refractivity contribution in [2.45, 2.75) is 58.9 Å². The maximum absolute atomic E-state index is 11.1. The minimum atomic E-state index is -0.676. The summed E-state index contributed by atoms with van der Waals surface area (Å²) in [6.45, 7) is 8.06. The molecule has 0 bridgehead atoms. The topological polar surface area (TPSA) is 40.5 Å². The zero-order valence-electron chi connectivity index (χ0n) is 10.3. The van der Waals surface area contributed by atoms with Gasteiger partial charge in [0.1, 0.15) is 6.04 Å². The Labute approximate surface area is 93.5 Å². The van der Waals surface area contributed by atoms with Crippen molar-refractivity contribution in [1.82, 2.24) is 4.90 Å². The first-order valence-electron chi connectivity index (χ1n) is 6.14. The largest absolute Gasteiger partial charge is 0.480 e. The monoisotopic (exact) mass is 215 g/mol. The Bertz CT molecular complexity index is 163. The molecule has 15 heavy (non-hydrogen) atoms. The van der Waals surface area contributed by atoms with Gasteiger partial charge in [-0.15, -0.1) is 0 Å². The van der Waals surface area contributed by atoms with E-state index in [-0.39, 0.29) is 6.04 Å². The minimum Gasteiger partial charge on any atom is -0.480 e. The average Bonchev–Trinajstić information content (AvgIpc) is 2.21. The van der Waals surface area contributed by atoms with Crippen LogP contribution in [0.2, 0.25) is 0 Å². The fourth-order valence-corrected chi connectivity index (χ4v) is 1.73. The summed E-state index contributed by atoms with van der Waals surface area (Å²) in [5, 5.41) is 9.10. The van der Waals surface area contributed by atoms with Gasteiger partial charge < -0.3 is 5.11 Å². The summed E-state index contributed by atoms with van der Waals surface area (Å²) in [5.74, 6) is -0.676. The molecule has 0 fully saturated rings. The number of carboxylic acids is 1. The normalized spacial score (nSPS) is 13.1. The minimum absolute atomic E-state index is 0.289. The van der Waals surface area contributed by atoms with E-state index in [1.807, 2.05) is 6.92 Å². The van der Waals surface area contributed by atoms with Crippen LogP contribution in [0.1, 0.15) is 52.9 Å². The molecule has 1 N–H and O–H groups in total. The summed E-state index contributed by atoms with van der Waals surface area (Å²) in [6.07, 6.45) is 5.13. The molecule has 0 heterocycles. The lowest BCUT2D eigenvalue weighted by atomic mass is 10.1. The van der Waals surface area contributed by atoms with Crippen LogP contribution in [0.4, 0.5) is 0 Å². The second-order valence-electron chi connectivity index (χ2n) is 4.01. The number of hydrogen-bond acceptors (Lipinski definition) is 2. The summed E-state index contributed by atoms with van der Waals surface area (Å²) < 4.78 is 0. The fourth-order valence-electron chi connectivity index (χ4n) is 1.73. The molecule has 0 spiro atoms. The molecule has 0 saturated carbocycles. The highest BCUT2D eigenvalue weighted by molar-refractivity contribution is 5.73. The van der Waals surface area contributed by atoms with E-state index in [2.05, 4.69) is 18.7 Å². The van der Waals surface area contributed by atoms with Gasteiger partial charge in [-0.2, -0.15) is 0 Å². The van der Waals surface area contributed by atoms with E-state index in [0.29, 0.717) is 6.42 Å². The van der Waals surface area contributed by atoms with Crippen LogP contribution in [0.25, 0.3) is 0 Å². The van der Waals surface area contributed by atoms with Crippen LogP contribution >= 0.6 is 0 Å². The van der Waals surface area contributed by atoms with E-state index in [4.69, 9.17) is 5.11 Å². The molecule has 0 aromatic rings. The molecule has 90 valence electrons. The first kappa shape index (κ1) is 14.4. The van der Waals surface area contributed by atoms with E-state index in [1.54, 1.807) is 0 Å². The second kappa shape index (κ2) is 8.72. The predicted octanol–water partition coefficient (Wildman–Crippen LogP) is 2.75. The SMILES string of the molecule is CCCCN(CCCC)C(CC)C(=O)O. The average molecular weight is 215 g/mol. The van der Waals surface area contributed by atoms with Gasteiger partial charge in [0.2, 0.25) is 0 Å². The second-order valence-corrected chi connectivity index (χ2v) is 4.01. The Hall–Kier alpha value is -0.570. The molecule has 0 aromatic heterocycles. The zero-order chi connectivity index (χ0) is 11.7. The number of rotatable bonds is 9. The van der Waals surface area contributed by atoms with Crippen molar-refractivity contribution >= 4 is 5.97 Å². The third kappa shape index (κ3) is 5.78. The quantitative estimate of drug-likeness (QED) is 0.643. The summed E-state index contributed by atoms with van der Waals surface area (Å²) in [7, 11) is 0. The van der Waals surface area contributed by atoms with Crippen molar-refractivity contribution in [2.75, 3.05) is 13.1 Å². The lowest BCUT2D eigenvalue weighted by Gasteiger charge is -2.27. The van der Waals surface area contributed by atoms with Crippen molar-refractivity contribution < 1.29 is 9.90 Å². The highest BCUT2D eigenvalue weighted by Crippen LogP contribution is 2.08. The summed E-state index contributed by atoms with van der Waals surface area (Å²) >= 11 is 0. The van der Waals surface area contributed by atoms with Gasteiger partial charge in [-0.05, 0) is 32.4 Å². The van der Waals surface area contributed by atoms with Gasteiger partial charge in [-0.3, -0.25) is 9.69 Å². The molecule has 1 unspecified atom stereocenters. The van der Waals surface area contributed by atoms with Crippen LogP contribution in [-0.2, 0) is 4.79 Å². The molecule has 0 aliphatic carbocycles. The highest BCUT2D eigenvalue weighted by atomic mass is 16.4. The molecule has 0 aliphatic heterocycles.